The van der Waals surface area contributed by atoms with Gasteiger partial charge in [-0.25, -0.2) is 0 Å². The summed E-state index contributed by atoms with van der Waals surface area (Å²) >= 11 is 0. The van der Waals surface area contributed by atoms with Gasteiger partial charge in [0.25, 0.3) is 5.91 Å². The van der Waals surface area contributed by atoms with Gasteiger partial charge in [-0.15, -0.1) is 0 Å². The second kappa shape index (κ2) is 4.48. The summed E-state index contributed by atoms with van der Waals surface area (Å²) in [4.78, 5) is 17.0. The molecule has 1 saturated heterocycles. The minimum atomic E-state index is 0.0866. The third-order valence-corrected chi connectivity index (χ3v) is 5.07. The van der Waals surface area contributed by atoms with E-state index in [0.717, 1.165) is 18.8 Å². The fourth-order valence-electron chi connectivity index (χ4n) is 3.57. The van der Waals surface area contributed by atoms with Gasteiger partial charge in [0.1, 0.15) is 11.9 Å². The SMILES string of the molecule is CN1C(=O)c2ccccc2O[C@H]2CN(C3CCC3)C[C@H]21. The number of likely N-dealkylation sites (N-methyl/N-ethyl adjacent to an activating group) is 1. The molecule has 20 heavy (non-hydrogen) atoms. The van der Waals surface area contributed by atoms with Crippen LogP contribution in [-0.2, 0) is 0 Å². The molecule has 0 aromatic heterocycles. The Morgan fingerprint density at radius 1 is 1.20 bits per heavy atom. The molecule has 106 valence electrons. The molecule has 4 nitrogen and oxygen atoms in total. The van der Waals surface area contributed by atoms with E-state index in [9.17, 15) is 4.79 Å². The van der Waals surface area contributed by atoms with Crippen molar-refractivity contribution >= 4 is 5.91 Å². The van der Waals surface area contributed by atoms with Crippen molar-refractivity contribution in [3.63, 3.8) is 0 Å². The van der Waals surface area contributed by atoms with Crippen molar-refractivity contribution in [3.05, 3.63) is 29.8 Å². The van der Waals surface area contributed by atoms with Crippen LogP contribution in [0.25, 0.3) is 0 Å². The van der Waals surface area contributed by atoms with Crippen molar-refractivity contribution in [2.24, 2.45) is 0 Å². The summed E-state index contributed by atoms with van der Waals surface area (Å²) in [5.74, 6) is 0.830. The lowest BCUT2D eigenvalue weighted by Gasteiger charge is -2.35. The van der Waals surface area contributed by atoms with E-state index in [4.69, 9.17) is 4.74 Å². The van der Waals surface area contributed by atoms with Gasteiger partial charge in [-0.05, 0) is 25.0 Å². The van der Waals surface area contributed by atoms with E-state index >= 15 is 0 Å². The Hall–Kier alpha value is -1.55. The maximum Gasteiger partial charge on any atom is 0.257 e. The summed E-state index contributed by atoms with van der Waals surface area (Å²) < 4.78 is 6.17. The van der Waals surface area contributed by atoms with Crippen LogP contribution < -0.4 is 4.74 Å². The highest BCUT2D eigenvalue weighted by Gasteiger charge is 2.44. The van der Waals surface area contributed by atoms with Crippen molar-refractivity contribution < 1.29 is 9.53 Å². The lowest BCUT2D eigenvalue weighted by Crippen LogP contribution is -2.44. The van der Waals surface area contributed by atoms with E-state index in [-0.39, 0.29) is 18.1 Å². The number of nitrogens with zero attached hydrogens (tertiary/aromatic N) is 2. The Balaban J connectivity index is 1.64. The van der Waals surface area contributed by atoms with Gasteiger partial charge in [-0.2, -0.15) is 0 Å². The van der Waals surface area contributed by atoms with Crippen LogP contribution in [0.15, 0.2) is 24.3 Å². The fraction of sp³-hybridized carbons (Fsp3) is 0.562. The molecule has 0 radical (unpaired) electrons. The molecule has 1 saturated carbocycles. The second-order valence-electron chi connectivity index (χ2n) is 6.17. The number of likely N-dealkylation sites (tertiary alicyclic amines) is 1. The Morgan fingerprint density at radius 2 is 2.00 bits per heavy atom. The Labute approximate surface area is 119 Å². The minimum Gasteiger partial charge on any atom is -0.486 e. The third kappa shape index (κ3) is 1.74. The zero-order chi connectivity index (χ0) is 13.7. The molecule has 4 heteroatoms. The van der Waals surface area contributed by atoms with E-state index in [1.165, 1.54) is 19.3 Å². The van der Waals surface area contributed by atoms with Crippen molar-refractivity contribution in [3.8, 4) is 5.75 Å². The average molecular weight is 272 g/mol. The molecule has 1 aromatic rings. The molecule has 1 aliphatic carbocycles. The van der Waals surface area contributed by atoms with Crippen molar-refractivity contribution in [2.45, 2.75) is 37.5 Å². The Bertz CT molecular complexity index is 541. The van der Waals surface area contributed by atoms with Gasteiger partial charge in [-0.1, -0.05) is 18.6 Å². The van der Waals surface area contributed by atoms with Crippen LogP contribution in [0.1, 0.15) is 29.6 Å². The van der Waals surface area contributed by atoms with Gasteiger partial charge in [0.05, 0.1) is 11.6 Å². The van der Waals surface area contributed by atoms with E-state index in [1.54, 1.807) is 0 Å². The van der Waals surface area contributed by atoms with Crippen LogP contribution in [-0.4, -0.2) is 54.0 Å². The lowest BCUT2D eigenvalue weighted by molar-refractivity contribution is 0.0679. The number of benzene rings is 1. The monoisotopic (exact) mass is 272 g/mol. The van der Waals surface area contributed by atoms with Crippen molar-refractivity contribution in [1.82, 2.24) is 9.80 Å². The summed E-state index contributed by atoms with van der Waals surface area (Å²) in [6.45, 7) is 1.90. The highest BCUT2D eigenvalue weighted by Crippen LogP contribution is 2.34. The van der Waals surface area contributed by atoms with E-state index < -0.39 is 0 Å². The molecule has 4 rings (SSSR count). The predicted octanol–water partition coefficient (Wildman–Crippen LogP) is 1.76. The van der Waals surface area contributed by atoms with Gasteiger partial charge in [0.2, 0.25) is 0 Å². The standard InChI is InChI=1S/C16H20N2O2/c1-17-13-9-18(11-5-4-6-11)10-15(13)20-14-8-3-2-7-12(14)16(17)19/h2-3,7-8,11,13,15H,4-6,9-10H2,1H3/t13-,15+/m1/s1. The number of amides is 1. The van der Waals surface area contributed by atoms with Gasteiger partial charge < -0.3 is 9.64 Å². The third-order valence-electron chi connectivity index (χ3n) is 5.07. The molecule has 0 N–H and O–H groups in total. The molecule has 0 spiro atoms. The highest BCUT2D eigenvalue weighted by molar-refractivity contribution is 5.97. The van der Waals surface area contributed by atoms with Gasteiger partial charge in [0.15, 0.2) is 0 Å². The summed E-state index contributed by atoms with van der Waals surface area (Å²) in [5, 5.41) is 0. The minimum absolute atomic E-state index is 0.0866. The average Bonchev–Trinajstić information content (AvgIpc) is 2.75. The van der Waals surface area contributed by atoms with Crippen molar-refractivity contribution in [2.75, 3.05) is 20.1 Å². The van der Waals surface area contributed by atoms with Gasteiger partial charge in [-0.3, -0.25) is 9.69 Å². The Morgan fingerprint density at radius 3 is 2.75 bits per heavy atom. The summed E-state index contributed by atoms with van der Waals surface area (Å²) in [7, 11) is 1.91. The fourth-order valence-corrected chi connectivity index (χ4v) is 3.57. The van der Waals surface area contributed by atoms with Gasteiger partial charge >= 0.3 is 0 Å². The molecule has 2 fully saturated rings. The number of hydrogen-bond acceptors (Lipinski definition) is 3. The van der Waals surface area contributed by atoms with Crippen molar-refractivity contribution in [1.29, 1.82) is 0 Å². The van der Waals surface area contributed by atoms with Crippen LogP contribution >= 0.6 is 0 Å². The van der Waals surface area contributed by atoms with E-state index in [2.05, 4.69) is 4.90 Å². The first-order valence-corrected chi connectivity index (χ1v) is 7.51. The zero-order valence-electron chi connectivity index (χ0n) is 11.8. The first-order valence-electron chi connectivity index (χ1n) is 7.51. The molecule has 2 aliphatic heterocycles. The molecule has 3 aliphatic rings. The number of fused-ring (bicyclic) bond motifs is 2. The maximum atomic E-state index is 12.6. The molecule has 2 heterocycles. The molecular formula is C16H20N2O2. The second-order valence-corrected chi connectivity index (χ2v) is 6.17. The topological polar surface area (TPSA) is 32.8 Å². The maximum absolute atomic E-state index is 12.6. The number of carbonyl (C=O) groups excluding carboxylic acids is 1. The predicted molar refractivity (Wildman–Crippen MR) is 76.0 cm³/mol. The smallest absolute Gasteiger partial charge is 0.257 e. The normalized spacial score (nSPS) is 30.2. The van der Waals surface area contributed by atoms with E-state index in [1.807, 2.05) is 36.2 Å². The summed E-state index contributed by atoms with van der Waals surface area (Å²) in [6.07, 6.45) is 4.05. The number of hydrogen-bond donors (Lipinski definition) is 0. The molecule has 0 bridgehead atoms. The first-order chi connectivity index (χ1) is 9.74. The molecular weight excluding hydrogens is 252 g/mol. The number of para-hydroxylation sites is 1. The quantitative estimate of drug-likeness (QED) is 0.781. The number of ether oxygens (including phenoxy) is 1. The highest BCUT2D eigenvalue weighted by atomic mass is 16.5. The van der Waals surface area contributed by atoms with Gasteiger partial charge in [0, 0.05) is 26.2 Å². The zero-order valence-corrected chi connectivity index (χ0v) is 11.8. The van der Waals surface area contributed by atoms with Crippen LogP contribution in [0.5, 0.6) is 5.75 Å². The first kappa shape index (κ1) is 12.2. The summed E-state index contributed by atoms with van der Waals surface area (Å²) in [5.41, 5.74) is 0.694. The van der Waals surface area contributed by atoms with Crippen LogP contribution in [0, 0.1) is 0 Å². The largest absolute Gasteiger partial charge is 0.486 e. The van der Waals surface area contributed by atoms with E-state index in [0.29, 0.717) is 11.6 Å². The van der Waals surface area contributed by atoms with Crippen LogP contribution in [0.3, 0.4) is 0 Å². The summed E-state index contributed by atoms with van der Waals surface area (Å²) in [6, 6.07) is 8.49. The molecule has 2 atom stereocenters. The lowest BCUT2D eigenvalue weighted by atomic mass is 9.92. The van der Waals surface area contributed by atoms with Crippen LogP contribution in [0.2, 0.25) is 0 Å². The van der Waals surface area contributed by atoms with Crippen LogP contribution in [0.4, 0.5) is 0 Å². The molecule has 1 aromatic carbocycles. The molecule has 0 unspecified atom stereocenters. The molecule has 1 amide bonds. The Kier molecular flexibility index (Phi) is 2.74. The number of carbonyl (C=O) groups is 1. The number of rotatable bonds is 1.